The van der Waals surface area contributed by atoms with Crippen LogP contribution in [0.15, 0.2) is 0 Å². The average molecular weight is 188 g/mol. The third-order valence-corrected chi connectivity index (χ3v) is 2.28. The highest BCUT2D eigenvalue weighted by molar-refractivity contribution is 4.67. The predicted octanol–water partition coefficient (Wildman–Crippen LogP) is 0.672. The summed E-state index contributed by atoms with van der Waals surface area (Å²) in [6.45, 7) is 7.77. The molecular formula is C10H24N2O. The molecule has 0 radical (unpaired) electrons. The van der Waals surface area contributed by atoms with Gasteiger partial charge < -0.3 is 15.7 Å². The molecule has 3 heteroatoms. The molecule has 0 aromatic rings. The van der Waals surface area contributed by atoms with Crippen molar-refractivity contribution in [2.24, 2.45) is 11.7 Å². The molecule has 0 aliphatic carbocycles. The van der Waals surface area contributed by atoms with E-state index in [1.54, 1.807) is 6.92 Å². The quantitative estimate of drug-likeness (QED) is 0.644. The van der Waals surface area contributed by atoms with Crippen LogP contribution in [0.5, 0.6) is 0 Å². The second kappa shape index (κ2) is 6.35. The van der Waals surface area contributed by atoms with Gasteiger partial charge in [-0.05, 0) is 32.9 Å². The molecule has 0 aromatic heterocycles. The predicted molar refractivity (Wildman–Crippen MR) is 56.6 cm³/mol. The van der Waals surface area contributed by atoms with Gasteiger partial charge in [0.2, 0.25) is 0 Å². The first-order valence-electron chi connectivity index (χ1n) is 5.05. The molecule has 0 aliphatic heterocycles. The van der Waals surface area contributed by atoms with Crippen LogP contribution in [0.2, 0.25) is 0 Å². The Morgan fingerprint density at radius 2 is 1.85 bits per heavy atom. The van der Waals surface area contributed by atoms with Crippen molar-refractivity contribution in [2.75, 3.05) is 20.1 Å². The molecule has 0 bridgehead atoms. The van der Waals surface area contributed by atoms with Gasteiger partial charge in [-0.15, -0.1) is 0 Å². The van der Waals surface area contributed by atoms with Gasteiger partial charge in [-0.2, -0.15) is 0 Å². The Labute approximate surface area is 81.9 Å². The molecule has 0 amide bonds. The van der Waals surface area contributed by atoms with E-state index >= 15 is 0 Å². The zero-order valence-corrected chi connectivity index (χ0v) is 9.33. The Morgan fingerprint density at radius 3 is 2.23 bits per heavy atom. The van der Waals surface area contributed by atoms with Crippen LogP contribution >= 0.6 is 0 Å². The van der Waals surface area contributed by atoms with E-state index in [-0.39, 0.29) is 12.1 Å². The van der Waals surface area contributed by atoms with Gasteiger partial charge in [0.25, 0.3) is 0 Å². The molecular weight excluding hydrogens is 164 g/mol. The largest absolute Gasteiger partial charge is 0.392 e. The molecule has 80 valence electrons. The molecule has 3 nitrogen and oxygen atoms in total. The summed E-state index contributed by atoms with van der Waals surface area (Å²) in [6.07, 6.45) is 0.751. The summed E-state index contributed by atoms with van der Waals surface area (Å²) >= 11 is 0. The SMILES string of the molecule is CC(C)C(N)CCN(C)C[C@H](C)O. The molecule has 2 atom stereocenters. The van der Waals surface area contributed by atoms with E-state index in [0.29, 0.717) is 5.92 Å². The first-order valence-corrected chi connectivity index (χ1v) is 5.05. The Bertz CT molecular complexity index is 126. The lowest BCUT2D eigenvalue weighted by atomic mass is 10.0. The molecule has 13 heavy (non-hydrogen) atoms. The lowest BCUT2D eigenvalue weighted by Gasteiger charge is -2.22. The summed E-state index contributed by atoms with van der Waals surface area (Å²) in [5, 5.41) is 9.12. The van der Waals surface area contributed by atoms with Crippen molar-refractivity contribution in [3.8, 4) is 0 Å². The maximum Gasteiger partial charge on any atom is 0.0638 e. The fourth-order valence-corrected chi connectivity index (χ4v) is 1.25. The van der Waals surface area contributed by atoms with Crippen molar-refractivity contribution in [2.45, 2.75) is 39.3 Å². The molecule has 0 spiro atoms. The molecule has 0 saturated carbocycles. The van der Waals surface area contributed by atoms with E-state index in [1.165, 1.54) is 0 Å². The highest BCUT2D eigenvalue weighted by atomic mass is 16.3. The summed E-state index contributed by atoms with van der Waals surface area (Å²) in [4.78, 5) is 2.12. The Balaban J connectivity index is 3.51. The summed E-state index contributed by atoms with van der Waals surface area (Å²) < 4.78 is 0. The van der Waals surface area contributed by atoms with E-state index < -0.39 is 0 Å². The lowest BCUT2D eigenvalue weighted by molar-refractivity contribution is 0.138. The third kappa shape index (κ3) is 6.99. The first-order chi connectivity index (χ1) is 5.93. The first kappa shape index (κ1) is 12.9. The number of hydrogen-bond donors (Lipinski definition) is 2. The molecule has 0 fully saturated rings. The van der Waals surface area contributed by atoms with E-state index in [2.05, 4.69) is 18.7 Å². The molecule has 0 aliphatic rings. The van der Waals surface area contributed by atoms with Crippen molar-refractivity contribution >= 4 is 0 Å². The number of rotatable bonds is 6. The van der Waals surface area contributed by atoms with E-state index in [9.17, 15) is 0 Å². The molecule has 0 saturated heterocycles. The van der Waals surface area contributed by atoms with Crippen LogP contribution in [0.25, 0.3) is 0 Å². The third-order valence-electron chi connectivity index (χ3n) is 2.28. The van der Waals surface area contributed by atoms with Crippen LogP contribution in [0, 0.1) is 5.92 Å². The summed E-state index contributed by atoms with van der Waals surface area (Å²) in [7, 11) is 2.01. The molecule has 0 rings (SSSR count). The minimum atomic E-state index is -0.250. The fourth-order valence-electron chi connectivity index (χ4n) is 1.25. The second-order valence-electron chi connectivity index (χ2n) is 4.31. The van der Waals surface area contributed by atoms with Gasteiger partial charge in [0.1, 0.15) is 0 Å². The second-order valence-corrected chi connectivity index (χ2v) is 4.31. The van der Waals surface area contributed by atoms with Crippen molar-refractivity contribution in [1.82, 2.24) is 4.90 Å². The van der Waals surface area contributed by atoms with Gasteiger partial charge in [0, 0.05) is 12.6 Å². The van der Waals surface area contributed by atoms with Crippen LogP contribution in [0.1, 0.15) is 27.2 Å². The van der Waals surface area contributed by atoms with Crippen molar-refractivity contribution in [3.63, 3.8) is 0 Å². The minimum absolute atomic E-state index is 0.250. The Hall–Kier alpha value is -0.120. The van der Waals surface area contributed by atoms with Gasteiger partial charge in [0.05, 0.1) is 6.10 Å². The number of aliphatic hydroxyl groups is 1. The maximum absolute atomic E-state index is 9.12. The number of nitrogens with zero attached hydrogens (tertiary/aromatic N) is 1. The van der Waals surface area contributed by atoms with Crippen molar-refractivity contribution < 1.29 is 5.11 Å². The van der Waals surface area contributed by atoms with E-state index in [0.717, 1.165) is 19.5 Å². The van der Waals surface area contributed by atoms with E-state index in [1.807, 2.05) is 7.05 Å². The molecule has 0 heterocycles. The smallest absolute Gasteiger partial charge is 0.0638 e. The summed E-state index contributed by atoms with van der Waals surface area (Å²) in [6, 6.07) is 0.274. The molecule has 3 N–H and O–H groups in total. The number of nitrogens with two attached hydrogens (primary N) is 1. The zero-order valence-electron chi connectivity index (χ0n) is 9.33. The number of likely N-dealkylation sites (N-methyl/N-ethyl adjacent to an activating group) is 1. The zero-order chi connectivity index (χ0) is 10.4. The number of aliphatic hydroxyl groups excluding tert-OH is 1. The van der Waals surface area contributed by atoms with Crippen LogP contribution in [-0.4, -0.2) is 42.3 Å². The topological polar surface area (TPSA) is 49.5 Å². The van der Waals surface area contributed by atoms with Crippen LogP contribution in [0.3, 0.4) is 0 Å². The summed E-state index contributed by atoms with van der Waals surface area (Å²) in [5.41, 5.74) is 5.91. The minimum Gasteiger partial charge on any atom is -0.392 e. The van der Waals surface area contributed by atoms with Gasteiger partial charge >= 0.3 is 0 Å². The monoisotopic (exact) mass is 188 g/mol. The average Bonchev–Trinajstić information content (AvgIpc) is 1.98. The maximum atomic E-state index is 9.12. The Kier molecular flexibility index (Phi) is 6.29. The number of hydrogen-bond acceptors (Lipinski definition) is 3. The van der Waals surface area contributed by atoms with Gasteiger partial charge in [0.15, 0.2) is 0 Å². The molecule has 0 aromatic carbocycles. The van der Waals surface area contributed by atoms with Crippen molar-refractivity contribution in [3.05, 3.63) is 0 Å². The highest BCUT2D eigenvalue weighted by Crippen LogP contribution is 2.03. The highest BCUT2D eigenvalue weighted by Gasteiger charge is 2.09. The van der Waals surface area contributed by atoms with Gasteiger partial charge in [-0.1, -0.05) is 13.8 Å². The Morgan fingerprint density at radius 1 is 1.31 bits per heavy atom. The van der Waals surface area contributed by atoms with Crippen LogP contribution in [-0.2, 0) is 0 Å². The van der Waals surface area contributed by atoms with E-state index in [4.69, 9.17) is 10.8 Å². The van der Waals surface area contributed by atoms with Gasteiger partial charge in [-0.25, -0.2) is 0 Å². The van der Waals surface area contributed by atoms with Crippen LogP contribution in [0.4, 0.5) is 0 Å². The lowest BCUT2D eigenvalue weighted by Crippen LogP contribution is -2.34. The normalized spacial score (nSPS) is 16.6. The van der Waals surface area contributed by atoms with Gasteiger partial charge in [-0.3, -0.25) is 0 Å². The van der Waals surface area contributed by atoms with Crippen molar-refractivity contribution in [1.29, 1.82) is 0 Å². The fraction of sp³-hybridized carbons (Fsp3) is 1.00. The summed E-state index contributed by atoms with van der Waals surface area (Å²) in [5.74, 6) is 0.542. The standard InChI is InChI=1S/C10H24N2O/c1-8(2)10(11)5-6-12(4)7-9(3)13/h8-10,13H,5-7,11H2,1-4H3/t9-,10?/m0/s1. The van der Waals surface area contributed by atoms with Crippen LogP contribution < -0.4 is 5.73 Å². The molecule has 1 unspecified atom stereocenters.